The van der Waals surface area contributed by atoms with Crippen LogP contribution in [-0.2, 0) is 7.05 Å². The van der Waals surface area contributed by atoms with Gasteiger partial charge in [-0.2, -0.15) is 0 Å². The average molecular weight is 223 g/mol. The number of nitrogens with two attached hydrogens (primary N) is 1. The Kier molecular flexibility index (Phi) is 2.72. The molecule has 0 radical (unpaired) electrons. The number of hydrogen-bond donors (Lipinski definition) is 1. The minimum Gasteiger partial charge on any atom is -0.349 e. The van der Waals surface area contributed by atoms with Crippen LogP contribution in [0.4, 0.5) is 0 Å². The van der Waals surface area contributed by atoms with Crippen LogP contribution in [0.5, 0.6) is 0 Å². The molecule has 1 heterocycles. The van der Waals surface area contributed by atoms with Gasteiger partial charge in [-0.3, -0.25) is 0 Å². The molecule has 0 aliphatic heterocycles. The van der Waals surface area contributed by atoms with E-state index in [2.05, 4.69) is 25.1 Å². The van der Waals surface area contributed by atoms with Crippen LogP contribution in [0.15, 0.2) is 24.4 Å². The highest BCUT2D eigenvalue weighted by Gasteiger charge is 2.08. The molecule has 0 amide bonds. The fraction of sp³-hybridized carbons (Fsp3) is 0.333. The van der Waals surface area contributed by atoms with E-state index in [1.807, 2.05) is 17.8 Å². The Balaban J connectivity index is 2.60. The summed E-state index contributed by atoms with van der Waals surface area (Å²) in [5.74, 6) is 0.392. The Morgan fingerprint density at radius 1 is 1.47 bits per heavy atom. The molecule has 3 heteroatoms. The van der Waals surface area contributed by atoms with Crippen molar-refractivity contribution in [2.45, 2.75) is 12.8 Å². The van der Waals surface area contributed by atoms with Gasteiger partial charge in [-0.15, -0.1) is 0 Å². The van der Waals surface area contributed by atoms with Gasteiger partial charge in [0, 0.05) is 24.1 Å². The normalized spacial score (nSPS) is 13.3. The topological polar surface area (TPSA) is 30.9 Å². The van der Waals surface area contributed by atoms with Crippen molar-refractivity contribution in [1.82, 2.24) is 4.57 Å². The third kappa shape index (κ3) is 1.75. The largest absolute Gasteiger partial charge is 0.349 e. The Labute approximate surface area is 94.6 Å². The minimum atomic E-state index is 0.392. The number of halogens is 1. The molecule has 2 nitrogen and oxygen atoms in total. The molecule has 0 aliphatic rings. The highest BCUT2D eigenvalue weighted by atomic mass is 35.5. The van der Waals surface area contributed by atoms with Crippen LogP contribution in [0, 0.1) is 0 Å². The van der Waals surface area contributed by atoms with Crippen LogP contribution in [0.1, 0.15) is 18.4 Å². The summed E-state index contributed by atoms with van der Waals surface area (Å²) in [6.45, 7) is 2.80. The molecule has 0 aliphatic carbocycles. The van der Waals surface area contributed by atoms with Gasteiger partial charge in [0.1, 0.15) is 0 Å². The third-order valence-electron chi connectivity index (χ3n) is 2.89. The first-order chi connectivity index (χ1) is 7.13. The predicted molar refractivity (Wildman–Crippen MR) is 65.4 cm³/mol. The molecule has 15 heavy (non-hydrogen) atoms. The van der Waals surface area contributed by atoms with E-state index in [0.717, 1.165) is 15.9 Å². The highest BCUT2D eigenvalue weighted by Crippen LogP contribution is 2.27. The van der Waals surface area contributed by atoms with Crippen molar-refractivity contribution in [2.75, 3.05) is 6.54 Å². The lowest BCUT2D eigenvalue weighted by molar-refractivity contribution is 0.774. The molecule has 1 aromatic carbocycles. The van der Waals surface area contributed by atoms with Crippen LogP contribution in [-0.4, -0.2) is 11.1 Å². The van der Waals surface area contributed by atoms with Gasteiger partial charge in [-0.1, -0.05) is 30.7 Å². The summed E-state index contributed by atoms with van der Waals surface area (Å²) in [6.07, 6.45) is 1.93. The third-order valence-corrected chi connectivity index (χ3v) is 3.19. The van der Waals surface area contributed by atoms with E-state index in [4.69, 9.17) is 17.3 Å². The molecule has 2 rings (SSSR count). The molecule has 1 unspecified atom stereocenters. The summed E-state index contributed by atoms with van der Waals surface area (Å²) in [4.78, 5) is 0. The zero-order valence-electron chi connectivity index (χ0n) is 9.00. The van der Waals surface area contributed by atoms with Crippen LogP contribution in [0.3, 0.4) is 0 Å². The number of aryl methyl sites for hydroxylation is 1. The molecule has 2 aromatic rings. The monoisotopic (exact) mass is 222 g/mol. The summed E-state index contributed by atoms with van der Waals surface area (Å²) >= 11 is 6.10. The van der Waals surface area contributed by atoms with Crippen LogP contribution in [0.25, 0.3) is 10.9 Å². The first-order valence-corrected chi connectivity index (χ1v) is 5.46. The molecule has 1 atom stereocenters. The SMILES string of the molecule is CC(CN)c1ccc2c(Cl)cn(C)c2c1. The van der Waals surface area contributed by atoms with E-state index in [1.165, 1.54) is 5.56 Å². The van der Waals surface area contributed by atoms with E-state index in [1.54, 1.807) is 0 Å². The molecular formula is C12H15ClN2. The molecule has 0 bridgehead atoms. The van der Waals surface area contributed by atoms with Crippen LogP contribution >= 0.6 is 11.6 Å². The van der Waals surface area contributed by atoms with Crippen molar-refractivity contribution in [2.24, 2.45) is 12.8 Å². The lowest BCUT2D eigenvalue weighted by Crippen LogP contribution is -2.08. The quantitative estimate of drug-likeness (QED) is 0.833. The maximum Gasteiger partial charge on any atom is 0.0661 e. The lowest BCUT2D eigenvalue weighted by Gasteiger charge is -2.09. The van der Waals surface area contributed by atoms with Gasteiger partial charge >= 0.3 is 0 Å². The Morgan fingerprint density at radius 3 is 2.87 bits per heavy atom. The van der Waals surface area contributed by atoms with Crippen molar-refractivity contribution in [3.8, 4) is 0 Å². The summed E-state index contributed by atoms with van der Waals surface area (Å²) in [6, 6.07) is 6.34. The Morgan fingerprint density at radius 2 is 2.20 bits per heavy atom. The van der Waals surface area contributed by atoms with E-state index < -0.39 is 0 Å². The minimum absolute atomic E-state index is 0.392. The molecule has 80 valence electrons. The number of nitrogens with zero attached hydrogens (tertiary/aromatic N) is 1. The van der Waals surface area contributed by atoms with Gasteiger partial charge in [-0.25, -0.2) is 0 Å². The maximum absolute atomic E-state index is 6.10. The van der Waals surface area contributed by atoms with E-state index in [9.17, 15) is 0 Å². The number of benzene rings is 1. The Bertz CT molecular complexity index is 488. The second-order valence-electron chi connectivity index (χ2n) is 4.00. The first-order valence-electron chi connectivity index (χ1n) is 5.08. The highest BCUT2D eigenvalue weighted by molar-refractivity contribution is 6.35. The smallest absolute Gasteiger partial charge is 0.0661 e. The maximum atomic E-state index is 6.10. The number of fused-ring (bicyclic) bond motifs is 1. The standard InChI is InChI=1S/C12H15ClN2/c1-8(6-14)9-3-4-10-11(13)7-15(2)12(10)5-9/h3-5,7-8H,6,14H2,1-2H3. The van der Waals surface area contributed by atoms with Gasteiger partial charge < -0.3 is 10.3 Å². The molecule has 2 N–H and O–H groups in total. The molecule has 0 fully saturated rings. The first kappa shape index (κ1) is 10.5. The van der Waals surface area contributed by atoms with E-state index >= 15 is 0 Å². The second-order valence-corrected chi connectivity index (χ2v) is 4.41. The van der Waals surface area contributed by atoms with Crippen molar-refractivity contribution >= 4 is 22.5 Å². The van der Waals surface area contributed by atoms with Gasteiger partial charge in [0.2, 0.25) is 0 Å². The van der Waals surface area contributed by atoms with Crippen molar-refractivity contribution in [1.29, 1.82) is 0 Å². The van der Waals surface area contributed by atoms with Gasteiger partial charge in [0.15, 0.2) is 0 Å². The second kappa shape index (κ2) is 3.87. The van der Waals surface area contributed by atoms with Crippen molar-refractivity contribution in [3.63, 3.8) is 0 Å². The Hall–Kier alpha value is -0.990. The van der Waals surface area contributed by atoms with Crippen molar-refractivity contribution in [3.05, 3.63) is 35.0 Å². The number of rotatable bonds is 2. The zero-order chi connectivity index (χ0) is 11.0. The van der Waals surface area contributed by atoms with Gasteiger partial charge in [0.05, 0.1) is 5.02 Å². The number of aromatic nitrogens is 1. The van der Waals surface area contributed by atoms with Gasteiger partial charge in [-0.05, 0) is 24.1 Å². The predicted octanol–water partition coefficient (Wildman–Crippen LogP) is 2.89. The van der Waals surface area contributed by atoms with Gasteiger partial charge in [0.25, 0.3) is 0 Å². The summed E-state index contributed by atoms with van der Waals surface area (Å²) in [5.41, 5.74) is 8.09. The van der Waals surface area contributed by atoms with Crippen LogP contribution in [0.2, 0.25) is 5.02 Å². The van der Waals surface area contributed by atoms with Crippen LogP contribution < -0.4 is 5.73 Å². The summed E-state index contributed by atoms with van der Waals surface area (Å²) < 4.78 is 2.05. The fourth-order valence-corrected chi connectivity index (χ4v) is 2.10. The molecule has 0 saturated carbocycles. The average Bonchev–Trinajstić information content (AvgIpc) is 2.53. The fourth-order valence-electron chi connectivity index (χ4n) is 1.79. The van der Waals surface area contributed by atoms with E-state index in [-0.39, 0.29) is 0 Å². The summed E-state index contributed by atoms with van der Waals surface area (Å²) in [5, 5.41) is 1.91. The summed E-state index contributed by atoms with van der Waals surface area (Å²) in [7, 11) is 2.01. The van der Waals surface area contributed by atoms with E-state index in [0.29, 0.717) is 12.5 Å². The lowest BCUT2D eigenvalue weighted by atomic mass is 10.0. The molecular weight excluding hydrogens is 208 g/mol. The van der Waals surface area contributed by atoms with Crippen molar-refractivity contribution < 1.29 is 0 Å². The molecule has 1 aromatic heterocycles. The zero-order valence-corrected chi connectivity index (χ0v) is 9.75. The molecule has 0 saturated heterocycles. The molecule has 0 spiro atoms. The number of hydrogen-bond acceptors (Lipinski definition) is 1.